The molecule has 1 fully saturated rings. The van der Waals surface area contributed by atoms with Crippen LogP contribution in [0.4, 0.5) is 11.4 Å². The highest BCUT2D eigenvalue weighted by atomic mass is 16.5. The molecule has 0 radical (unpaired) electrons. The molecule has 3 rings (SSSR count). The first-order valence-corrected chi connectivity index (χ1v) is 9.03. The summed E-state index contributed by atoms with van der Waals surface area (Å²) in [6.07, 6.45) is 1.38. The molecular weight excluding hydrogens is 360 g/mol. The van der Waals surface area contributed by atoms with Crippen LogP contribution in [0.25, 0.3) is 0 Å². The molecule has 0 aliphatic carbocycles. The number of carboxylic acid groups (broad SMARTS) is 1. The number of carboxylic acids is 1. The lowest BCUT2D eigenvalue weighted by atomic mass is 10.0. The van der Waals surface area contributed by atoms with Gasteiger partial charge in [-0.2, -0.15) is 0 Å². The molecule has 28 heavy (non-hydrogen) atoms. The molecule has 2 aromatic carbocycles. The molecule has 2 N–H and O–H groups in total. The van der Waals surface area contributed by atoms with Crippen molar-refractivity contribution >= 4 is 29.2 Å². The zero-order chi connectivity index (χ0) is 20.3. The van der Waals surface area contributed by atoms with E-state index in [4.69, 9.17) is 4.74 Å². The fraction of sp³-hybridized carbons (Fsp3) is 0.286. The summed E-state index contributed by atoms with van der Waals surface area (Å²) in [4.78, 5) is 37.1. The largest absolute Gasteiger partial charge is 0.484 e. The average Bonchev–Trinajstić information content (AvgIpc) is 3.08. The summed E-state index contributed by atoms with van der Waals surface area (Å²) in [7, 11) is 0. The van der Waals surface area contributed by atoms with Crippen molar-refractivity contribution in [3.05, 3.63) is 53.1 Å². The van der Waals surface area contributed by atoms with Crippen LogP contribution in [-0.2, 0) is 9.59 Å². The second kappa shape index (κ2) is 8.12. The number of nitrogens with one attached hydrogen (secondary N) is 1. The van der Waals surface area contributed by atoms with Crippen molar-refractivity contribution in [1.29, 1.82) is 0 Å². The van der Waals surface area contributed by atoms with Crippen molar-refractivity contribution in [1.82, 2.24) is 0 Å². The fourth-order valence-electron chi connectivity index (χ4n) is 3.21. The molecule has 0 atom stereocenters. The van der Waals surface area contributed by atoms with E-state index in [1.54, 1.807) is 43.0 Å². The normalized spacial score (nSPS) is 13.5. The Labute approximate surface area is 162 Å². The Morgan fingerprint density at radius 2 is 1.96 bits per heavy atom. The summed E-state index contributed by atoms with van der Waals surface area (Å²) in [5.74, 6) is -0.873. The second-order valence-corrected chi connectivity index (χ2v) is 6.77. The van der Waals surface area contributed by atoms with Crippen LogP contribution in [0.2, 0.25) is 0 Å². The predicted molar refractivity (Wildman–Crippen MR) is 105 cm³/mol. The van der Waals surface area contributed by atoms with Gasteiger partial charge >= 0.3 is 5.97 Å². The number of ether oxygens (including phenoxy) is 1. The highest BCUT2D eigenvalue weighted by Crippen LogP contribution is 2.25. The van der Waals surface area contributed by atoms with Crippen molar-refractivity contribution < 1.29 is 24.2 Å². The first-order valence-electron chi connectivity index (χ1n) is 9.03. The summed E-state index contributed by atoms with van der Waals surface area (Å²) in [5, 5.41) is 11.9. The molecular formula is C21H22N2O5. The van der Waals surface area contributed by atoms with Gasteiger partial charge in [0.1, 0.15) is 5.75 Å². The van der Waals surface area contributed by atoms with Crippen LogP contribution in [0.3, 0.4) is 0 Å². The van der Waals surface area contributed by atoms with Crippen molar-refractivity contribution in [2.24, 2.45) is 0 Å². The number of aromatic carboxylic acids is 1. The Kier molecular flexibility index (Phi) is 5.63. The van der Waals surface area contributed by atoms with E-state index in [1.807, 2.05) is 6.07 Å². The third-order valence-corrected chi connectivity index (χ3v) is 4.65. The van der Waals surface area contributed by atoms with Gasteiger partial charge in [-0.3, -0.25) is 9.59 Å². The maximum Gasteiger partial charge on any atom is 0.336 e. The van der Waals surface area contributed by atoms with Gasteiger partial charge in [0.25, 0.3) is 5.91 Å². The topological polar surface area (TPSA) is 95.9 Å². The lowest BCUT2D eigenvalue weighted by molar-refractivity contribution is -0.118. The molecule has 1 saturated heterocycles. The van der Waals surface area contributed by atoms with Gasteiger partial charge in [0.15, 0.2) is 6.61 Å². The maximum atomic E-state index is 12.2. The number of carbonyl (C=O) groups excluding carboxylic acids is 2. The fourth-order valence-corrected chi connectivity index (χ4v) is 3.21. The zero-order valence-electron chi connectivity index (χ0n) is 15.8. The molecule has 7 nitrogen and oxygen atoms in total. The number of hydrogen-bond donors (Lipinski definition) is 2. The van der Waals surface area contributed by atoms with Gasteiger partial charge in [0.2, 0.25) is 5.91 Å². The van der Waals surface area contributed by atoms with Crippen LogP contribution >= 0.6 is 0 Å². The number of amides is 2. The van der Waals surface area contributed by atoms with Crippen molar-refractivity contribution in [2.75, 3.05) is 23.4 Å². The molecule has 0 bridgehead atoms. The molecule has 146 valence electrons. The molecule has 2 aromatic rings. The van der Waals surface area contributed by atoms with Crippen LogP contribution in [0.5, 0.6) is 5.75 Å². The lowest BCUT2D eigenvalue weighted by Gasteiger charge is -2.17. The molecule has 1 aliphatic heterocycles. The Hall–Kier alpha value is -3.35. The van der Waals surface area contributed by atoms with Crippen molar-refractivity contribution in [3.8, 4) is 5.75 Å². The molecule has 0 saturated carbocycles. The lowest BCUT2D eigenvalue weighted by Crippen LogP contribution is -2.24. The van der Waals surface area contributed by atoms with E-state index in [0.29, 0.717) is 30.0 Å². The van der Waals surface area contributed by atoms with Crippen molar-refractivity contribution in [2.45, 2.75) is 26.7 Å². The average molecular weight is 382 g/mol. The standard InChI is InChI=1S/C21H22N2O5/c1-13-9-14(2)18(11-17(13)21(26)27)22-19(24)12-28-16-6-3-5-15(10-16)23-8-4-7-20(23)25/h3,5-6,9-11H,4,7-8,12H2,1-2H3,(H,22,24)(H,26,27). The van der Waals surface area contributed by atoms with E-state index in [9.17, 15) is 19.5 Å². The number of aryl methyl sites for hydroxylation is 2. The quantitative estimate of drug-likeness (QED) is 0.800. The zero-order valence-corrected chi connectivity index (χ0v) is 15.8. The molecule has 1 aliphatic rings. The number of carbonyl (C=O) groups is 3. The molecule has 1 heterocycles. The highest BCUT2D eigenvalue weighted by molar-refractivity contribution is 5.96. The van der Waals surface area contributed by atoms with E-state index in [-0.39, 0.29) is 18.1 Å². The van der Waals surface area contributed by atoms with Gasteiger partial charge in [0.05, 0.1) is 5.56 Å². The van der Waals surface area contributed by atoms with Gasteiger partial charge in [-0.1, -0.05) is 12.1 Å². The monoisotopic (exact) mass is 382 g/mol. The third kappa shape index (κ3) is 4.31. The van der Waals surface area contributed by atoms with Crippen LogP contribution < -0.4 is 15.0 Å². The minimum absolute atomic E-state index is 0.0824. The summed E-state index contributed by atoms with van der Waals surface area (Å²) in [5.41, 5.74) is 2.73. The SMILES string of the molecule is Cc1cc(C)c(C(=O)O)cc1NC(=O)COc1cccc(N2CCCC2=O)c1. The Morgan fingerprint density at radius 1 is 1.18 bits per heavy atom. The predicted octanol–water partition coefficient (Wildman–Crippen LogP) is 3.15. The van der Waals surface area contributed by atoms with Crippen LogP contribution in [0.15, 0.2) is 36.4 Å². The summed E-state index contributed by atoms with van der Waals surface area (Å²) >= 11 is 0. The number of hydrogen-bond acceptors (Lipinski definition) is 4. The highest BCUT2D eigenvalue weighted by Gasteiger charge is 2.22. The van der Waals surface area contributed by atoms with Crippen LogP contribution in [0, 0.1) is 13.8 Å². The van der Waals surface area contributed by atoms with E-state index >= 15 is 0 Å². The van der Waals surface area contributed by atoms with Gasteiger partial charge in [-0.05, 0) is 49.6 Å². The van der Waals surface area contributed by atoms with Crippen LogP contribution in [0.1, 0.15) is 34.3 Å². The number of rotatable bonds is 6. The smallest absolute Gasteiger partial charge is 0.336 e. The van der Waals surface area contributed by atoms with Gasteiger partial charge in [-0.25, -0.2) is 4.79 Å². The second-order valence-electron chi connectivity index (χ2n) is 6.77. The third-order valence-electron chi connectivity index (χ3n) is 4.65. The van der Waals surface area contributed by atoms with Gasteiger partial charge in [-0.15, -0.1) is 0 Å². The van der Waals surface area contributed by atoms with Gasteiger partial charge < -0.3 is 20.1 Å². The molecule has 0 aromatic heterocycles. The van der Waals surface area contributed by atoms with E-state index in [2.05, 4.69) is 5.32 Å². The minimum Gasteiger partial charge on any atom is -0.484 e. The Morgan fingerprint density at radius 3 is 2.64 bits per heavy atom. The summed E-state index contributed by atoms with van der Waals surface area (Å²) in [6, 6.07) is 10.2. The first-order chi connectivity index (χ1) is 13.3. The molecule has 2 amide bonds. The maximum absolute atomic E-state index is 12.2. The number of anilines is 2. The Balaban J connectivity index is 1.64. The number of nitrogens with zero attached hydrogens (tertiary/aromatic N) is 1. The molecule has 0 spiro atoms. The Bertz CT molecular complexity index is 938. The van der Waals surface area contributed by atoms with E-state index in [0.717, 1.165) is 17.7 Å². The van der Waals surface area contributed by atoms with Crippen LogP contribution in [-0.4, -0.2) is 36.0 Å². The van der Waals surface area contributed by atoms with E-state index < -0.39 is 11.9 Å². The van der Waals surface area contributed by atoms with E-state index in [1.165, 1.54) is 6.07 Å². The van der Waals surface area contributed by atoms with Gasteiger partial charge in [0, 0.05) is 30.4 Å². The number of benzene rings is 2. The van der Waals surface area contributed by atoms with Crippen molar-refractivity contribution in [3.63, 3.8) is 0 Å². The minimum atomic E-state index is -1.04. The first kappa shape index (κ1) is 19.4. The molecule has 0 unspecified atom stereocenters. The molecule has 7 heteroatoms. The summed E-state index contributed by atoms with van der Waals surface area (Å²) in [6.45, 7) is 3.96. The summed E-state index contributed by atoms with van der Waals surface area (Å²) < 4.78 is 5.55.